The summed E-state index contributed by atoms with van der Waals surface area (Å²) in [7, 11) is 3.61. The zero-order chi connectivity index (χ0) is 17.4. The van der Waals surface area contributed by atoms with Gasteiger partial charge in [0.25, 0.3) is 0 Å². The summed E-state index contributed by atoms with van der Waals surface area (Å²) in [5.74, 6) is 0. The number of rotatable bonds is 5. The highest BCUT2D eigenvalue weighted by Gasteiger charge is 2.45. The summed E-state index contributed by atoms with van der Waals surface area (Å²) in [6.07, 6.45) is 3.23. The number of benzene rings is 1. The van der Waals surface area contributed by atoms with Gasteiger partial charge < -0.3 is 9.47 Å². The predicted molar refractivity (Wildman–Crippen MR) is 99.9 cm³/mol. The average Bonchev–Trinajstić information content (AvgIpc) is 2.92. The van der Waals surface area contributed by atoms with Crippen molar-refractivity contribution < 1.29 is 9.47 Å². The molecule has 0 radical (unpaired) electrons. The maximum atomic E-state index is 5.59. The molecular weight excluding hydrogens is 296 g/mol. The van der Waals surface area contributed by atoms with E-state index in [4.69, 9.17) is 9.47 Å². The first-order valence-electron chi connectivity index (χ1n) is 8.88. The first-order chi connectivity index (χ1) is 11.4. The van der Waals surface area contributed by atoms with Crippen molar-refractivity contribution in [1.82, 2.24) is 0 Å². The van der Waals surface area contributed by atoms with Crippen molar-refractivity contribution in [3.05, 3.63) is 52.6 Å². The Morgan fingerprint density at radius 2 is 1.42 bits per heavy atom. The topological polar surface area (TPSA) is 18.5 Å². The van der Waals surface area contributed by atoms with Crippen LogP contribution in [0, 0.1) is 10.8 Å². The van der Waals surface area contributed by atoms with E-state index >= 15 is 0 Å². The summed E-state index contributed by atoms with van der Waals surface area (Å²) in [5, 5.41) is 0. The SMILES string of the molecule is COCC1(COC)CC2=C(c3ccccc3)CC(C)(C)C(C)=C2C1. The van der Waals surface area contributed by atoms with Crippen molar-refractivity contribution >= 4 is 5.57 Å². The van der Waals surface area contributed by atoms with E-state index in [-0.39, 0.29) is 10.8 Å². The molecule has 2 nitrogen and oxygen atoms in total. The van der Waals surface area contributed by atoms with Gasteiger partial charge in [0.15, 0.2) is 0 Å². The third kappa shape index (κ3) is 2.98. The van der Waals surface area contributed by atoms with Crippen LogP contribution in [0.3, 0.4) is 0 Å². The van der Waals surface area contributed by atoms with Gasteiger partial charge in [0.05, 0.1) is 13.2 Å². The van der Waals surface area contributed by atoms with Gasteiger partial charge in [0.2, 0.25) is 0 Å². The lowest BCUT2D eigenvalue weighted by atomic mass is 9.70. The number of hydrogen-bond donors (Lipinski definition) is 0. The predicted octanol–water partition coefficient (Wildman–Crippen LogP) is 5.26. The second kappa shape index (κ2) is 6.50. The molecule has 1 aromatic carbocycles. The summed E-state index contributed by atoms with van der Waals surface area (Å²) < 4.78 is 11.2. The van der Waals surface area contributed by atoms with Crippen LogP contribution >= 0.6 is 0 Å². The van der Waals surface area contributed by atoms with E-state index < -0.39 is 0 Å². The molecule has 1 aromatic rings. The average molecular weight is 326 g/mol. The van der Waals surface area contributed by atoms with Crippen LogP contribution < -0.4 is 0 Å². The van der Waals surface area contributed by atoms with Gasteiger partial charge in [0.1, 0.15) is 0 Å². The third-order valence-electron chi connectivity index (χ3n) is 5.94. The van der Waals surface area contributed by atoms with E-state index in [1.54, 1.807) is 30.9 Å². The van der Waals surface area contributed by atoms with E-state index in [2.05, 4.69) is 51.1 Å². The van der Waals surface area contributed by atoms with Gasteiger partial charge in [-0.05, 0) is 53.9 Å². The van der Waals surface area contributed by atoms with Crippen LogP contribution in [0.1, 0.15) is 45.6 Å². The Balaban J connectivity index is 2.13. The van der Waals surface area contributed by atoms with Crippen molar-refractivity contribution in [2.24, 2.45) is 10.8 Å². The second-order valence-corrected chi connectivity index (χ2v) is 8.21. The Bertz CT molecular complexity index is 658. The van der Waals surface area contributed by atoms with Crippen LogP contribution in [0.25, 0.3) is 5.57 Å². The van der Waals surface area contributed by atoms with Gasteiger partial charge in [0, 0.05) is 19.6 Å². The zero-order valence-corrected chi connectivity index (χ0v) is 15.7. The monoisotopic (exact) mass is 326 g/mol. The highest BCUT2D eigenvalue weighted by atomic mass is 16.5. The van der Waals surface area contributed by atoms with Gasteiger partial charge in [-0.3, -0.25) is 0 Å². The van der Waals surface area contributed by atoms with Crippen LogP contribution in [-0.2, 0) is 9.47 Å². The molecule has 130 valence electrons. The first kappa shape index (κ1) is 17.4. The fourth-order valence-electron chi connectivity index (χ4n) is 4.54. The Hall–Kier alpha value is -1.38. The van der Waals surface area contributed by atoms with Crippen LogP contribution in [0.2, 0.25) is 0 Å². The van der Waals surface area contributed by atoms with Crippen molar-refractivity contribution in [2.45, 2.75) is 40.0 Å². The molecule has 0 aromatic heterocycles. The number of methoxy groups -OCH3 is 2. The molecule has 0 aliphatic heterocycles. The van der Waals surface area contributed by atoms with Crippen LogP contribution in [0.4, 0.5) is 0 Å². The number of allylic oxidation sites excluding steroid dienone is 4. The molecule has 0 unspecified atom stereocenters. The maximum Gasteiger partial charge on any atom is 0.0547 e. The van der Waals surface area contributed by atoms with Gasteiger partial charge in [-0.2, -0.15) is 0 Å². The van der Waals surface area contributed by atoms with E-state index in [1.807, 2.05) is 0 Å². The molecule has 2 heteroatoms. The third-order valence-corrected chi connectivity index (χ3v) is 5.94. The molecule has 0 bridgehead atoms. The smallest absolute Gasteiger partial charge is 0.0547 e. The van der Waals surface area contributed by atoms with Crippen LogP contribution in [0.15, 0.2) is 47.1 Å². The minimum absolute atomic E-state index is 0.0792. The van der Waals surface area contributed by atoms with Crippen molar-refractivity contribution in [1.29, 1.82) is 0 Å². The maximum absolute atomic E-state index is 5.59. The molecule has 2 aliphatic rings. The second-order valence-electron chi connectivity index (χ2n) is 8.21. The Labute approximate surface area is 146 Å². The van der Waals surface area contributed by atoms with E-state index in [0.717, 1.165) is 32.5 Å². The summed E-state index contributed by atoms with van der Waals surface area (Å²) in [6.45, 7) is 8.59. The lowest BCUT2D eigenvalue weighted by molar-refractivity contribution is 0.0189. The lowest BCUT2D eigenvalue weighted by Crippen LogP contribution is -2.28. The zero-order valence-electron chi connectivity index (χ0n) is 15.7. The Kier molecular flexibility index (Phi) is 4.72. The van der Waals surface area contributed by atoms with E-state index in [1.165, 1.54) is 11.1 Å². The Morgan fingerprint density at radius 3 is 2.00 bits per heavy atom. The standard InChI is InChI=1S/C22H30O2/c1-16-18-12-22(14-23-4,15-24-5)13-20(18)19(11-21(16,2)3)17-9-7-6-8-10-17/h6-10H,11-15H2,1-5H3. The number of fused-ring (bicyclic) bond motifs is 1. The van der Waals surface area contributed by atoms with E-state index in [0.29, 0.717) is 0 Å². The minimum Gasteiger partial charge on any atom is -0.384 e. The van der Waals surface area contributed by atoms with Crippen molar-refractivity contribution in [3.63, 3.8) is 0 Å². The molecule has 0 heterocycles. The molecule has 0 saturated heterocycles. The molecule has 3 rings (SSSR count). The van der Waals surface area contributed by atoms with Crippen molar-refractivity contribution in [3.8, 4) is 0 Å². The summed E-state index contributed by atoms with van der Waals surface area (Å²) >= 11 is 0. The lowest BCUT2D eigenvalue weighted by Gasteiger charge is -2.35. The highest BCUT2D eigenvalue weighted by Crippen LogP contribution is 2.56. The molecule has 0 spiro atoms. The summed E-state index contributed by atoms with van der Waals surface area (Å²) in [4.78, 5) is 0. The van der Waals surface area contributed by atoms with Crippen LogP contribution in [0.5, 0.6) is 0 Å². The van der Waals surface area contributed by atoms with Gasteiger partial charge in [-0.1, -0.05) is 49.8 Å². The fraction of sp³-hybridized carbons (Fsp3) is 0.545. The number of ether oxygens (including phenoxy) is 2. The fourth-order valence-corrected chi connectivity index (χ4v) is 4.54. The number of hydrogen-bond acceptors (Lipinski definition) is 2. The Morgan fingerprint density at radius 1 is 0.833 bits per heavy atom. The van der Waals surface area contributed by atoms with Crippen molar-refractivity contribution in [2.75, 3.05) is 27.4 Å². The van der Waals surface area contributed by atoms with E-state index in [9.17, 15) is 0 Å². The van der Waals surface area contributed by atoms with Gasteiger partial charge in [-0.25, -0.2) is 0 Å². The molecule has 24 heavy (non-hydrogen) atoms. The first-order valence-corrected chi connectivity index (χ1v) is 8.88. The normalized spacial score (nSPS) is 22.0. The molecule has 1 fully saturated rings. The molecular formula is C22H30O2. The van der Waals surface area contributed by atoms with Crippen LogP contribution in [-0.4, -0.2) is 27.4 Å². The highest BCUT2D eigenvalue weighted by molar-refractivity contribution is 5.77. The molecule has 0 amide bonds. The largest absolute Gasteiger partial charge is 0.384 e. The van der Waals surface area contributed by atoms with Gasteiger partial charge >= 0.3 is 0 Å². The summed E-state index contributed by atoms with van der Waals surface area (Å²) in [5.41, 5.74) is 7.83. The summed E-state index contributed by atoms with van der Waals surface area (Å²) in [6, 6.07) is 10.9. The minimum atomic E-state index is 0.0792. The molecule has 0 N–H and O–H groups in total. The molecule has 2 aliphatic carbocycles. The quantitative estimate of drug-likeness (QED) is 0.735. The molecule has 1 saturated carbocycles. The van der Waals surface area contributed by atoms with Gasteiger partial charge in [-0.15, -0.1) is 0 Å². The molecule has 0 atom stereocenters.